The average molecular weight is 438 g/mol. The third-order valence-corrected chi connectivity index (χ3v) is 6.96. The second-order valence-electron chi connectivity index (χ2n) is 9.25. The van der Waals surface area contributed by atoms with Gasteiger partial charge in [0.15, 0.2) is 0 Å². The molecule has 1 fully saturated rings. The summed E-state index contributed by atoms with van der Waals surface area (Å²) in [4.78, 5) is 4.88. The van der Waals surface area contributed by atoms with Gasteiger partial charge in [-0.3, -0.25) is 0 Å². The highest BCUT2D eigenvalue weighted by Gasteiger charge is 2.35. The predicted octanol–water partition coefficient (Wildman–Crippen LogP) is 4.76. The molecule has 0 aliphatic carbocycles. The third-order valence-electron chi connectivity index (χ3n) is 6.96. The number of nitrogens with zero attached hydrogens (tertiary/aromatic N) is 3. The van der Waals surface area contributed by atoms with Crippen LogP contribution in [0.25, 0.3) is 0 Å². The zero-order valence-corrected chi connectivity index (χ0v) is 19.4. The number of hydrogen-bond donors (Lipinski definition) is 1. The lowest BCUT2D eigenvalue weighted by Crippen LogP contribution is -2.47. The number of nitriles is 1. The van der Waals surface area contributed by atoms with E-state index in [4.69, 9.17) is 0 Å². The number of aliphatic hydroxyl groups is 1. The molecule has 1 saturated heterocycles. The lowest BCUT2D eigenvalue weighted by Gasteiger charge is -2.36. The molecule has 0 spiro atoms. The van der Waals surface area contributed by atoms with Crippen LogP contribution in [0.1, 0.15) is 50.3 Å². The van der Waals surface area contributed by atoms with Gasteiger partial charge in [-0.1, -0.05) is 56.3 Å². The maximum atomic E-state index is 13.1. The summed E-state index contributed by atoms with van der Waals surface area (Å²) in [7, 11) is 0. The van der Waals surface area contributed by atoms with Gasteiger partial charge in [-0.2, -0.15) is 5.26 Å². The van der Waals surface area contributed by atoms with E-state index in [1.54, 1.807) is 12.1 Å². The Labute approximate surface area is 192 Å². The maximum absolute atomic E-state index is 13.1. The molecular weight excluding hydrogens is 401 g/mol. The molecule has 0 amide bonds. The van der Waals surface area contributed by atoms with Crippen molar-refractivity contribution in [1.82, 2.24) is 9.80 Å². The zero-order valence-electron chi connectivity index (χ0n) is 19.4. The fourth-order valence-corrected chi connectivity index (χ4v) is 4.73. The Kier molecular flexibility index (Phi) is 8.81. The highest BCUT2D eigenvalue weighted by atomic mass is 19.1. The number of rotatable bonds is 10. The number of benzene rings is 2. The normalized spacial score (nSPS) is 18.2. The van der Waals surface area contributed by atoms with E-state index in [2.05, 4.69) is 41.8 Å². The molecule has 5 heteroatoms. The van der Waals surface area contributed by atoms with Crippen LogP contribution >= 0.6 is 0 Å². The van der Waals surface area contributed by atoms with Crippen molar-refractivity contribution in [3.63, 3.8) is 0 Å². The summed E-state index contributed by atoms with van der Waals surface area (Å²) in [6.45, 7) is 10.1. The van der Waals surface area contributed by atoms with E-state index in [1.807, 2.05) is 18.2 Å². The highest BCUT2D eigenvalue weighted by molar-refractivity contribution is 5.33. The molecular formula is C27H36FN3O. The quantitative estimate of drug-likeness (QED) is 0.582. The van der Waals surface area contributed by atoms with E-state index >= 15 is 0 Å². The van der Waals surface area contributed by atoms with Gasteiger partial charge in [0.25, 0.3) is 0 Å². The molecule has 3 rings (SSSR count). The Morgan fingerprint density at radius 2 is 1.56 bits per heavy atom. The first-order valence-corrected chi connectivity index (χ1v) is 11.8. The molecule has 0 aromatic heterocycles. The molecule has 32 heavy (non-hydrogen) atoms. The molecule has 1 aliphatic heterocycles. The molecule has 172 valence electrons. The summed E-state index contributed by atoms with van der Waals surface area (Å²) >= 11 is 0. The smallest absolute Gasteiger partial charge is 0.123 e. The predicted molar refractivity (Wildman–Crippen MR) is 127 cm³/mol. The monoisotopic (exact) mass is 437 g/mol. The Morgan fingerprint density at radius 1 is 0.969 bits per heavy atom. The van der Waals surface area contributed by atoms with E-state index < -0.39 is 11.5 Å². The third kappa shape index (κ3) is 6.16. The Bertz CT molecular complexity index is 857. The summed E-state index contributed by atoms with van der Waals surface area (Å²) in [5.74, 6) is -0.0134. The molecule has 1 aliphatic rings. The maximum Gasteiger partial charge on any atom is 0.123 e. The van der Waals surface area contributed by atoms with E-state index in [9.17, 15) is 14.8 Å². The van der Waals surface area contributed by atoms with E-state index in [0.717, 1.165) is 63.2 Å². The zero-order chi connectivity index (χ0) is 23.0. The van der Waals surface area contributed by atoms with Crippen LogP contribution in [0.2, 0.25) is 0 Å². The van der Waals surface area contributed by atoms with Crippen LogP contribution < -0.4 is 0 Å². The first-order chi connectivity index (χ1) is 15.4. The molecule has 2 unspecified atom stereocenters. The largest absolute Gasteiger partial charge is 0.388 e. The molecule has 2 atom stereocenters. The van der Waals surface area contributed by atoms with Gasteiger partial charge >= 0.3 is 0 Å². The Morgan fingerprint density at radius 3 is 2.12 bits per heavy atom. The molecule has 1 heterocycles. The van der Waals surface area contributed by atoms with Crippen molar-refractivity contribution in [2.45, 2.75) is 44.6 Å². The van der Waals surface area contributed by atoms with Gasteiger partial charge in [0.1, 0.15) is 5.82 Å². The van der Waals surface area contributed by atoms with Crippen LogP contribution in [0.4, 0.5) is 4.39 Å². The van der Waals surface area contributed by atoms with Crippen molar-refractivity contribution in [3.8, 4) is 6.07 Å². The number of piperazine rings is 1. The van der Waals surface area contributed by atoms with Crippen LogP contribution in [-0.2, 0) is 5.41 Å². The van der Waals surface area contributed by atoms with Crippen LogP contribution in [-0.4, -0.2) is 54.2 Å². The summed E-state index contributed by atoms with van der Waals surface area (Å²) in [5.41, 5.74) is 1.47. The van der Waals surface area contributed by atoms with Crippen LogP contribution in [0.5, 0.6) is 0 Å². The first kappa shape index (κ1) is 24.4. The topological polar surface area (TPSA) is 50.5 Å². The number of hydrogen-bond acceptors (Lipinski definition) is 4. The average Bonchev–Trinajstić information content (AvgIpc) is 2.82. The molecule has 0 bridgehead atoms. The van der Waals surface area contributed by atoms with Crippen LogP contribution in [0, 0.1) is 23.1 Å². The minimum atomic E-state index is -0.554. The van der Waals surface area contributed by atoms with Gasteiger partial charge in [-0.05, 0) is 55.0 Å². The SMILES string of the molecule is CC(C)C(C#N)(CCCN1CCN(CCC(O)c2ccc(F)cc2)CC1)c1ccccc1. The summed E-state index contributed by atoms with van der Waals surface area (Å²) in [5, 5.41) is 20.4. The summed E-state index contributed by atoms with van der Waals surface area (Å²) < 4.78 is 13.1. The highest BCUT2D eigenvalue weighted by Crippen LogP contribution is 2.36. The lowest BCUT2D eigenvalue weighted by atomic mass is 9.70. The molecule has 0 radical (unpaired) electrons. The second-order valence-corrected chi connectivity index (χ2v) is 9.25. The van der Waals surface area contributed by atoms with Gasteiger partial charge in [0.2, 0.25) is 0 Å². The summed E-state index contributed by atoms with van der Waals surface area (Å²) in [6.07, 6.45) is 1.97. The second kappa shape index (κ2) is 11.6. The van der Waals surface area contributed by atoms with Crippen molar-refractivity contribution < 1.29 is 9.50 Å². The van der Waals surface area contributed by atoms with Gasteiger partial charge in [-0.25, -0.2) is 4.39 Å². The first-order valence-electron chi connectivity index (χ1n) is 11.8. The van der Waals surface area contributed by atoms with Crippen molar-refractivity contribution in [2.24, 2.45) is 5.92 Å². The van der Waals surface area contributed by atoms with Crippen molar-refractivity contribution >= 4 is 0 Å². The fraction of sp³-hybridized carbons (Fsp3) is 0.519. The Hall–Kier alpha value is -2.26. The number of halogens is 1. The standard InChI is InChI=1S/C27H36FN3O/c1-22(2)27(21-29,24-7-4-3-5-8-24)14-6-15-30-17-19-31(20-18-30)16-13-26(32)23-9-11-25(28)12-10-23/h3-5,7-12,22,26,32H,6,13-20H2,1-2H3. The van der Waals surface area contributed by atoms with E-state index in [1.165, 1.54) is 12.1 Å². The van der Waals surface area contributed by atoms with Gasteiger partial charge < -0.3 is 14.9 Å². The fourth-order valence-electron chi connectivity index (χ4n) is 4.73. The molecule has 4 nitrogen and oxygen atoms in total. The van der Waals surface area contributed by atoms with E-state index in [-0.39, 0.29) is 11.7 Å². The molecule has 1 N–H and O–H groups in total. The van der Waals surface area contributed by atoms with Crippen molar-refractivity contribution in [3.05, 3.63) is 71.5 Å². The minimum absolute atomic E-state index is 0.263. The lowest BCUT2D eigenvalue weighted by molar-refractivity contribution is 0.100. The Balaban J connectivity index is 1.42. The van der Waals surface area contributed by atoms with Crippen LogP contribution in [0.15, 0.2) is 54.6 Å². The van der Waals surface area contributed by atoms with Gasteiger partial charge in [0, 0.05) is 32.7 Å². The molecule has 2 aromatic rings. The van der Waals surface area contributed by atoms with Crippen LogP contribution in [0.3, 0.4) is 0 Å². The van der Waals surface area contributed by atoms with E-state index in [0.29, 0.717) is 6.42 Å². The molecule has 2 aromatic carbocycles. The van der Waals surface area contributed by atoms with Crippen molar-refractivity contribution in [2.75, 3.05) is 39.3 Å². The van der Waals surface area contributed by atoms with Crippen molar-refractivity contribution in [1.29, 1.82) is 5.26 Å². The number of aliphatic hydroxyl groups excluding tert-OH is 1. The molecule has 0 saturated carbocycles. The van der Waals surface area contributed by atoms with Gasteiger partial charge in [-0.15, -0.1) is 0 Å². The minimum Gasteiger partial charge on any atom is -0.388 e. The van der Waals surface area contributed by atoms with Gasteiger partial charge in [0.05, 0.1) is 17.6 Å². The summed E-state index contributed by atoms with van der Waals surface area (Å²) in [6, 6.07) is 19.0.